The second-order valence-corrected chi connectivity index (χ2v) is 5.17. The maximum absolute atomic E-state index is 10.7. The highest BCUT2D eigenvalue weighted by Gasteiger charge is 2.33. The van der Waals surface area contributed by atoms with E-state index >= 15 is 0 Å². The lowest BCUT2D eigenvalue weighted by Gasteiger charge is -2.37. The van der Waals surface area contributed by atoms with E-state index < -0.39 is 5.97 Å². The zero-order valence-electron chi connectivity index (χ0n) is 9.64. The molecule has 2 fully saturated rings. The van der Waals surface area contributed by atoms with Gasteiger partial charge < -0.3 is 10.2 Å². The predicted molar refractivity (Wildman–Crippen MR) is 60.2 cm³/mol. The summed E-state index contributed by atoms with van der Waals surface area (Å²) in [5.74, 6) is -0.419. The Morgan fingerprint density at radius 3 is 2.69 bits per heavy atom. The van der Waals surface area contributed by atoms with Crippen molar-refractivity contribution in [2.45, 2.75) is 50.7 Å². The van der Waals surface area contributed by atoms with Crippen LogP contribution in [0.1, 0.15) is 38.5 Å². The summed E-state index contributed by atoms with van der Waals surface area (Å²) in [5, 5.41) is 18.7. The maximum Gasteiger partial charge on any atom is 0.303 e. The van der Waals surface area contributed by atoms with Gasteiger partial charge in [-0.05, 0) is 44.6 Å². The molecule has 2 rings (SSSR count). The van der Waals surface area contributed by atoms with E-state index in [4.69, 9.17) is 5.11 Å². The number of rotatable bonds is 3. The average Bonchev–Trinajstić information content (AvgIpc) is 2.64. The molecule has 0 aromatic carbocycles. The monoisotopic (exact) mass is 227 g/mol. The highest BCUT2D eigenvalue weighted by molar-refractivity contribution is 5.67. The normalized spacial score (nSPS) is 36.4. The van der Waals surface area contributed by atoms with Crippen molar-refractivity contribution in [1.29, 1.82) is 0 Å². The second kappa shape index (κ2) is 5.15. The maximum atomic E-state index is 10.7. The summed E-state index contributed by atoms with van der Waals surface area (Å²) in [5.41, 5.74) is 0. The van der Waals surface area contributed by atoms with Crippen LogP contribution in [0, 0.1) is 5.92 Å². The number of piperidine rings is 1. The molecule has 0 amide bonds. The molecule has 1 aliphatic carbocycles. The van der Waals surface area contributed by atoms with Gasteiger partial charge >= 0.3 is 5.97 Å². The minimum absolute atomic E-state index is 0.191. The van der Waals surface area contributed by atoms with Crippen molar-refractivity contribution in [3.05, 3.63) is 0 Å². The number of aliphatic hydroxyl groups is 1. The van der Waals surface area contributed by atoms with Crippen LogP contribution in [0.3, 0.4) is 0 Å². The van der Waals surface area contributed by atoms with Gasteiger partial charge in [-0.3, -0.25) is 9.69 Å². The van der Waals surface area contributed by atoms with Gasteiger partial charge in [-0.25, -0.2) is 0 Å². The van der Waals surface area contributed by atoms with Crippen molar-refractivity contribution in [1.82, 2.24) is 4.90 Å². The lowest BCUT2D eigenvalue weighted by atomic mass is 9.93. The van der Waals surface area contributed by atoms with Gasteiger partial charge in [-0.15, -0.1) is 0 Å². The summed E-state index contributed by atoms with van der Waals surface area (Å²) < 4.78 is 0. The molecule has 2 N–H and O–H groups in total. The Kier molecular flexibility index (Phi) is 3.82. The van der Waals surface area contributed by atoms with Crippen molar-refractivity contribution < 1.29 is 15.0 Å². The van der Waals surface area contributed by atoms with E-state index in [2.05, 4.69) is 4.90 Å². The fourth-order valence-corrected chi connectivity index (χ4v) is 3.16. The van der Waals surface area contributed by atoms with Crippen molar-refractivity contribution in [2.24, 2.45) is 5.92 Å². The number of nitrogens with zero attached hydrogens (tertiary/aromatic N) is 1. The van der Waals surface area contributed by atoms with Crippen LogP contribution in [0.25, 0.3) is 0 Å². The smallest absolute Gasteiger partial charge is 0.303 e. The number of carbonyl (C=O) groups is 1. The van der Waals surface area contributed by atoms with Crippen LogP contribution in [0.4, 0.5) is 0 Å². The van der Waals surface area contributed by atoms with Gasteiger partial charge in [0.25, 0.3) is 0 Å². The highest BCUT2D eigenvalue weighted by atomic mass is 16.4. The fraction of sp³-hybridized carbons (Fsp3) is 0.917. The Morgan fingerprint density at radius 2 is 2.06 bits per heavy atom. The number of carboxylic acid groups (broad SMARTS) is 1. The van der Waals surface area contributed by atoms with Gasteiger partial charge in [0.1, 0.15) is 0 Å². The molecule has 0 bridgehead atoms. The van der Waals surface area contributed by atoms with Gasteiger partial charge in [0.15, 0.2) is 0 Å². The number of likely N-dealkylation sites (tertiary alicyclic amines) is 1. The SMILES string of the molecule is O=C(O)CC1CCCN(C2CCCC2O)C1. The Bertz CT molecular complexity index is 257. The first kappa shape index (κ1) is 11.9. The van der Waals surface area contributed by atoms with E-state index in [9.17, 15) is 9.90 Å². The predicted octanol–water partition coefficient (Wildman–Crippen LogP) is 1.09. The molecule has 1 saturated carbocycles. The number of aliphatic carboxylic acids is 1. The number of hydrogen-bond donors (Lipinski definition) is 2. The van der Waals surface area contributed by atoms with E-state index in [1.54, 1.807) is 0 Å². The van der Waals surface area contributed by atoms with Crippen LogP contribution in [0.5, 0.6) is 0 Å². The van der Waals surface area contributed by atoms with Crippen LogP contribution in [-0.4, -0.2) is 46.3 Å². The topological polar surface area (TPSA) is 60.8 Å². The van der Waals surface area contributed by atoms with E-state index in [0.29, 0.717) is 0 Å². The van der Waals surface area contributed by atoms with Crippen molar-refractivity contribution in [3.8, 4) is 0 Å². The summed E-state index contributed by atoms with van der Waals surface area (Å²) in [4.78, 5) is 13.0. The molecule has 3 unspecified atom stereocenters. The van der Waals surface area contributed by atoms with Gasteiger partial charge in [0, 0.05) is 19.0 Å². The Morgan fingerprint density at radius 1 is 1.25 bits per heavy atom. The second-order valence-electron chi connectivity index (χ2n) is 5.17. The Labute approximate surface area is 96.3 Å². The summed E-state index contributed by atoms with van der Waals surface area (Å²) in [7, 11) is 0. The van der Waals surface area contributed by atoms with E-state index in [1.807, 2.05) is 0 Å². The molecular weight excluding hydrogens is 206 g/mol. The van der Waals surface area contributed by atoms with Gasteiger partial charge in [0.2, 0.25) is 0 Å². The first-order valence-electron chi connectivity index (χ1n) is 6.30. The third-order valence-electron chi connectivity index (χ3n) is 3.93. The molecule has 1 heterocycles. The van der Waals surface area contributed by atoms with Gasteiger partial charge in [-0.1, -0.05) is 0 Å². The highest BCUT2D eigenvalue weighted by Crippen LogP contribution is 2.29. The molecule has 4 heteroatoms. The molecule has 4 nitrogen and oxygen atoms in total. The summed E-state index contributed by atoms with van der Waals surface area (Å²) in [6.07, 6.45) is 5.26. The average molecular weight is 227 g/mol. The molecule has 1 saturated heterocycles. The van der Waals surface area contributed by atoms with Crippen LogP contribution < -0.4 is 0 Å². The number of aliphatic hydroxyl groups excluding tert-OH is 1. The zero-order chi connectivity index (χ0) is 11.5. The number of carboxylic acids is 1. The van der Waals surface area contributed by atoms with E-state index in [1.165, 1.54) is 0 Å². The van der Waals surface area contributed by atoms with Crippen molar-refractivity contribution >= 4 is 5.97 Å². The Balaban J connectivity index is 1.88. The minimum atomic E-state index is -0.696. The first-order valence-corrected chi connectivity index (χ1v) is 6.30. The molecule has 3 atom stereocenters. The molecule has 0 aromatic rings. The minimum Gasteiger partial charge on any atom is -0.481 e. The standard InChI is InChI=1S/C12H21NO3/c14-11-5-1-4-10(11)13-6-2-3-9(8-13)7-12(15)16/h9-11,14H,1-8H2,(H,15,16). The Hall–Kier alpha value is -0.610. The molecule has 2 aliphatic rings. The molecule has 0 spiro atoms. The molecule has 92 valence electrons. The van der Waals surface area contributed by atoms with E-state index in [-0.39, 0.29) is 24.5 Å². The van der Waals surface area contributed by atoms with Crippen LogP contribution in [-0.2, 0) is 4.79 Å². The summed E-state index contributed by atoms with van der Waals surface area (Å²) in [6.45, 7) is 1.88. The largest absolute Gasteiger partial charge is 0.481 e. The lowest BCUT2D eigenvalue weighted by Crippen LogP contribution is -2.46. The van der Waals surface area contributed by atoms with Gasteiger partial charge in [-0.2, -0.15) is 0 Å². The van der Waals surface area contributed by atoms with Crippen LogP contribution >= 0.6 is 0 Å². The zero-order valence-corrected chi connectivity index (χ0v) is 9.64. The van der Waals surface area contributed by atoms with E-state index in [0.717, 1.165) is 45.2 Å². The molecule has 0 radical (unpaired) electrons. The molecular formula is C12H21NO3. The molecule has 16 heavy (non-hydrogen) atoms. The quantitative estimate of drug-likeness (QED) is 0.757. The summed E-state index contributed by atoms with van der Waals surface area (Å²) >= 11 is 0. The molecule has 0 aromatic heterocycles. The number of hydrogen-bond acceptors (Lipinski definition) is 3. The first-order chi connectivity index (χ1) is 7.66. The van der Waals surface area contributed by atoms with Crippen LogP contribution in [0.15, 0.2) is 0 Å². The van der Waals surface area contributed by atoms with Crippen LogP contribution in [0.2, 0.25) is 0 Å². The van der Waals surface area contributed by atoms with Crippen molar-refractivity contribution in [3.63, 3.8) is 0 Å². The fourth-order valence-electron chi connectivity index (χ4n) is 3.16. The third-order valence-corrected chi connectivity index (χ3v) is 3.93. The van der Waals surface area contributed by atoms with Crippen molar-refractivity contribution in [2.75, 3.05) is 13.1 Å². The van der Waals surface area contributed by atoms with Gasteiger partial charge in [0.05, 0.1) is 6.10 Å². The summed E-state index contributed by atoms with van der Waals surface area (Å²) in [6, 6.07) is 0.289. The lowest BCUT2D eigenvalue weighted by molar-refractivity contribution is -0.138. The molecule has 1 aliphatic heterocycles. The third kappa shape index (κ3) is 2.74.